The second-order valence-corrected chi connectivity index (χ2v) is 8.89. The molecule has 144 valence electrons. The lowest BCUT2D eigenvalue weighted by atomic mass is 10.2. The fourth-order valence-electron chi connectivity index (χ4n) is 3.42. The van der Waals surface area contributed by atoms with E-state index in [-0.39, 0.29) is 34.7 Å². The van der Waals surface area contributed by atoms with E-state index in [0.717, 1.165) is 0 Å². The summed E-state index contributed by atoms with van der Waals surface area (Å²) in [5.74, 6) is 0.256. The molecule has 2 aliphatic rings. The zero-order valence-electron chi connectivity index (χ0n) is 14.8. The predicted octanol–water partition coefficient (Wildman–Crippen LogP) is -1.17. The van der Waals surface area contributed by atoms with Crippen molar-refractivity contribution in [2.24, 2.45) is 0 Å². The molecule has 0 bridgehead atoms. The van der Waals surface area contributed by atoms with Crippen LogP contribution in [0.5, 0.6) is 0 Å². The molecule has 2 saturated heterocycles. The molecule has 2 fully saturated rings. The number of nitrogens with zero attached hydrogens (tertiary/aromatic N) is 4. The number of amides is 1. The normalized spacial score (nSPS) is 23.3. The van der Waals surface area contributed by atoms with Crippen molar-refractivity contribution in [3.63, 3.8) is 0 Å². The number of methoxy groups -OCH3 is 1. The topological polar surface area (TPSA) is 102 Å². The Balaban J connectivity index is 1.61. The van der Waals surface area contributed by atoms with Gasteiger partial charge in [-0.2, -0.15) is 5.10 Å². The van der Waals surface area contributed by atoms with Crippen LogP contribution in [0, 0.1) is 0 Å². The minimum Gasteiger partial charge on any atom is -0.383 e. The molecule has 10 heteroatoms. The van der Waals surface area contributed by atoms with Crippen LogP contribution in [-0.4, -0.2) is 91.3 Å². The van der Waals surface area contributed by atoms with E-state index in [4.69, 9.17) is 4.74 Å². The zero-order chi connectivity index (χ0) is 18.7. The fourth-order valence-corrected chi connectivity index (χ4v) is 5.18. The van der Waals surface area contributed by atoms with E-state index in [9.17, 15) is 18.0 Å². The van der Waals surface area contributed by atoms with Crippen LogP contribution in [0.25, 0.3) is 0 Å². The first kappa shape index (κ1) is 19.0. The highest BCUT2D eigenvalue weighted by molar-refractivity contribution is 7.91. The van der Waals surface area contributed by atoms with E-state index < -0.39 is 9.84 Å². The molecule has 2 aliphatic heterocycles. The Hall–Kier alpha value is -1.78. The maximum Gasteiger partial charge on any atom is 0.274 e. The van der Waals surface area contributed by atoms with Crippen molar-refractivity contribution in [2.75, 3.05) is 51.4 Å². The lowest BCUT2D eigenvalue weighted by molar-refractivity contribution is 0.0579. The quantitative estimate of drug-likeness (QED) is 0.631. The van der Waals surface area contributed by atoms with Crippen LogP contribution < -0.4 is 5.56 Å². The summed E-state index contributed by atoms with van der Waals surface area (Å²) < 4.78 is 29.5. The molecule has 0 radical (unpaired) electrons. The molecular weight excluding hydrogens is 360 g/mol. The van der Waals surface area contributed by atoms with E-state index in [1.54, 1.807) is 4.90 Å². The van der Waals surface area contributed by atoms with Crippen molar-refractivity contribution in [3.8, 4) is 0 Å². The minimum atomic E-state index is -2.91. The van der Waals surface area contributed by atoms with Crippen molar-refractivity contribution >= 4 is 15.7 Å². The van der Waals surface area contributed by atoms with E-state index in [2.05, 4.69) is 10.00 Å². The average Bonchev–Trinajstić information content (AvgIpc) is 3.00. The summed E-state index contributed by atoms with van der Waals surface area (Å²) in [6.45, 7) is 2.97. The molecule has 1 aromatic heterocycles. The van der Waals surface area contributed by atoms with Gasteiger partial charge in [-0.15, -0.1) is 0 Å². The third-order valence-corrected chi connectivity index (χ3v) is 6.67. The van der Waals surface area contributed by atoms with Crippen LogP contribution in [0.15, 0.2) is 16.9 Å². The van der Waals surface area contributed by atoms with E-state index >= 15 is 0 Å². The number of hydrogen-bond acceptors (Lipinski definition) is 7. The number of rotatable bonds is 5. The standard InChI is InChI=1S/C16H24N4O5S/c1-25-10-9-20-15(21)3-2-14(17-20)16(22)19-7-5-18(6-8-19)13-4-11-26(23,24)12-13/h2-3,13H,4-12H2,1H3/t13-/m1/s1. The van der Waals surface area contributed by atoms with Crippen LogP contribution in [0.2, 0.25) is 0 Å². The Morgan fingerprint density at radius 2 is 2.00 bits per heavy atom. The second kappa shape index (κ2) is 7.85. The van der Waals surface area contributed by atoms with Gasteiger partial charge in [0.2, 0.25) is 0 Å². The monoisotopic (exact) mass is 384 g/mol. The molecule has 1 amide bonds. The van der Waals surface area contributed by atoms with Crippen molar-refractivity contribution in [1.82, 2.24) is 19.6 Å². The van der Waals surface area contributed by atoms with Crippen molar-refractivity contribution in [1.29, 1.82) is 0 Å². The largest absolute Gasteiger partial charge is 0.383 e. The highest BCUT2D eigenvalue weighted by Crippen LogP contribution is 2.19. The van der Waals surface area contributed by atoms with Gasteiger partial charge in [-0.3, -0.25) is 14.5 Å². The molecule has 3 rings (SSSR count). The van der Waals surface area contributed by atoms with Gasteiger partial charge < -0.3 is 9.64 Å². The molecule has 0 N–H and O–H groups in total. The summed E-state index contributed by atoms with van der Waals surface area (Å²) in [6.07, 6.45) is 0.669. The highest BCUT2D eigenvalue weighted by atomic mass is 32.2. The second-order valence-electron chi connectivity index (χ2n) is 6.66. The van der Waals surface area contributed by atoms with Gasteiger partial charge in [0.15, 0.2) is 9.84 Å². The number of aromatic nitrogens is 2. The molecule has 9 nitrogen and oxygen atoms in total. The predicted molar refractivity (Wildman–Crippen MR) is 94.9 cm³/mol. The lowest BCUT2D eigenvalue weighted by Crippen LogP contribution is -2.52. The number of piperazine rings is 1. The third-order valence-electron chi connectivity index (χ3n) is 4.92. The molecular formula is C16H24N4O5S. The van der Waals surface area contributed by atoms with Crippen LogP contribution in [0.3, 0.4) is 0 Å². The fraction of sp³-hybridized carbons (Fsp3) is 0.688. The summed E-state index contributed by atoms with van der Waals surface area (Å²) in [5.41, 5.74) is -0.0385. The smallest absolute Gasteiger partial charge is 0.274 e. The number of hydrogen-bond donors (Lipinski definition) is 0. The zero-order valence-corrected chi connectivity index (χ0v) is 15.7. The minimum absolute atomic E-state index is 0.0614. The van der Waals surface area contributed by atoms with Gasteiger partial charge in [0.25, 0.3) is 11.5 Å². The summed E-state index contributed by atoms with van der Waals surface area (Å²) in [6, 6.07) is 2.85. The van der Waals surface area contributed by atoms with Crippen LogP contribution in [-0.2, 0) is 21.1 Å². The number of carbonyl (C=O) groups is 1. The first-order valence-electron chi connectivity index (χ1n) is 8.70. The molecule has 0 saturated carbocycles. The molecule has 0 aromatic carbocycles. The molecule has 0 spiro atoms. The van der Waals surface area contributed by atoms with Crippen molar-refractivity contribution in [2.45, 2.75) is 19.0 Å². The maximum absolute atomic E-state index is 12.7. The summed E-state index contributed by atoms with van der Waals surface area (Å²) in [7, 11) is -1.37. The number of sulfone groups is 1. The van der Waals surface area contributed by atoms with E-state index in [1.807, 2.05) is 0 Å². The SMILES string of the molecule is COCCn1nc(C(=O)N2CCN([C@@H]3CCS(=O)(=O)C3)CC2)ccc1=O. The van der Waals surface area contributed by atoms with Crippen LogP contribution in [0.1, 0.15) is 16.9 Å². The van der Waals surface area contributed by atoms with Crippen molar-refractivity contribution in [3.05, 3.63) is 28.2 Å². The van der Waals surface area contributed by atoms with Gasteiger partial charge in [-0.25, -0.2) is 13.1 Å². The molecule has 3 heterocycles. The average molecular weight is 384 g/mol. The lowest BCUT2D eigenvalue weighted by Gasteiger charge is -2.37. The van der Waals surface area contributed by atoms with Crippen LogP contribution in [0.4, 0.5) is 0 Å². The highest BCUT2D eigenvalue weighted by Gasteiger charge is 2.34. The third kappa shape index (κ3) is 4.30. The summed E-state index contributed by atoms with van der Waals surface area (Å²) >= 11 is 0. The Labute approximate surface area is 152 Å². The van der Waals surface area contributed by atoms with Gasteiger partial charge >= 0.3 is 0 Å². The molecule has 26 heavy (non-hydrogen) atoms. The Bertz CT molecular complexity index is 814. The Morgan fingerprint density at radius 3 is 2.62 bits per heavy atom. The van der Waals surface area contributed by atoms with Gasteiger partial charge in [0.1, 0.15) is 5.69 Å². The van der Waals surface area contributed by atoms with Gasteiger partial charge in [-0.05, 0) is 12.5 Å². The van der Waals surface area contributed by atoms with E-state index in [1.165, 1.54) is 23.9 Å². The Morgan fingerprint density at radius 1 is 1.27 bits per heavy atom. The molecule has 0 aliphatic carbocycles. The Kier molecular flexibility index (Phi) is 5.73. The van der Waals surface area contributed by atoms with Crippen molar-refractivity contribution < 1.29 is 17.9 Å². The number of ether oxygens (including phenoxy) is 1. The molecule has 0 unspecified atom stereocenters. The van der Waals surface area contributed by atoms with Gasteiger partial charge in [0.05, 0.1) is 24.7 Å². The summed E-state index contributed by atoms with van der Waals surface area (Å²) in [5, 5.41) is 4.14. The first-order valence-corrected chi connectivity index (χ1v) is 10.5. The van der Waals surface area contributed by atoms with Gasteiger partial charge in [-0.1, -0.05) is 0 Å². The number of carbonyl (C=O) groups excluding carboxylic acids is 1. The maximum atomic E-state index is 12.7. The van der Waals surface area contributed by atoms with Gasteiger partial charge in [0, 0.05) is 45.4 Å². The van der Waals surface area contributed by atoms with E-state index in [0.29, 0.717) is 45.8 Å². The summed E-state index contributed by atoms with van der Waals surface area (Å²) in [4.78, 5) is 28.3. The molecule has 1 atom stereocenters. The first-order chi connectivity index (χ1) is 12.4. The van der Waals surface area contributed by atoms with Crippen LogP contribution >= 0.6 is 0 Å². The molecule has 1 aromatic rings.